The number of nitrogens with zero attached hydrogens (tertiary/aromatic N) is 1. The van der Waals surface area contributed by atoms with Crippen LogP contribution in [0, 0.1) is 4.91 Å². The Labute approximate surface area is 93.7 Å². The van der Waals surface area contributed by atoms with Crippen LogP contribution in [-0.2, 0) is 6.61 Å². The van der Waals surface area contributed by atoms with Crippen molar-refractivity contribution in [2.24, 2.45) is 5.18 Å². The van der Waals surface area contributed by atoms with E-state index in [1.807, 2.05) is 30.3 Å². The Kier molecular flexibility index (Phi) is 3.28. The van der Waals surface area contributed by atoms with Gasteiger partial charge in [0, 0.05) is 0 Å². The van der Waals surface area contributed by atoms with E-state index in [0.29, 0.717) is 12.3 Å². The third-order valence-electron chi connectivity index (χ3n) is 2.19. The summed E-state index contributed by atoms with van der Waals surface area (Å²) in [5, 5.41) is 2.82. The molecule has 0 fully saturated rings. The third-order valence-corrected chi connectivity index (χ3v) is 2.19. The zero-order valence-electron chi connectivity index (χ0n) is 8.67. The summed E-state index contributed by atoms with van der Waals surface area (Å²) in [4.78, 5) is 10.2. The molecule has 0 N–H and O–H groups in total. The lowest BCUT2D eigenvalue weighted by Crippen LogP contribution is -1.94. The highest BCUT2D eigenvalue weighted by Gasteiger charge is 1.96. The molecule has 3 nitrogen and oxygen atoms in total. The van der Waals surface area contributed by atoms with Crippen LogP contribution in [0.3, 0.4) is 0 Å². The van der Waals surface area contributed by atoms with Crippen LogP contribution in [0.2, 0.25) is 0 Å². The molecule has 0 amide bonds. The smallest absolute Gasteiger partial charge is 0.119 e. The molecule has 2 aromatic rings. The summed E-state index contributed by atoms with van der Waals surface area (Å²) in [6.07, 6.45) is 0. The predicted octanol–water partition coefficient (Wildman–Crippen LogP) is 3.66. The summed E-state index contributed by atoms with van der Waals surface area (Å²) in [6, 6.07) is 16.6. The summed E-state index contributed by atoms with van der Waals surface area (Å²) in [6.45, 7) is 0.523. The Balaban J connectivity index is 1.97. The van der Waals surface area contributed by atoms with Crippen LogP contribution in [0.5, 0.6) is 5.75 Å². The van der Waals surface area contributed by atoms with E-state index in [-0.39, 0.29) is 0 Å². The van der Waals surface area contributed by atoms with E-state index in [2.05, 4.69) is 5.18 Å². The first-order valence-corrected chi connectivity index (χ1v) is 4.98. The average Bonchev–Trinajstić information content (AvgIpc) is 2.38. The van der Waals surface area contributed by atoms with Gasteiger partial charge in [-0.05, 0) is 35.0 Å². The highest BCUT2D eigenvalue weighted by Crippen LogP contribution is 2.18. The molecule has 2 aromatic carbocycles. The molecule has 0 aliphatic heterocycles. The average molecular weight is 213 g/mol. The molecule has 0 saturated carbocycles. The van der Waals surface area contributed by atoms with Crippen molar-refractivity contribution in [3.05, 3.63) is 65.1 Å². The lowest BCUT2D eigenvalue weighted by atomic mass is 10.2. The van der Waals surface area contributed by atoms with E-state index >= 15 is 0 Å². The molecular weight excluding hydrogens is 202 g/mol. The number of hydrogen-bond donors (Lipinski definition) is 0. The Hall–Kier alpha value is -2.16. The first-order valence-electron chi connectivity index (χ1n) is 4.98. The van der Waals surface area contributed by atoms with Gasteiger partial charge in [0.2, 0.25) is 0 Å². The predicted molar refractivity (Wildman–Crippen MR) is 62.7 cm³/mol. The van der Waals surface area contributed by atoms with Crippen molar-refractivity contribution in [3.63, 3.8) is 0 Å². The molecule has 0 unspecified atom stereocenters. The summed E-state index contributed by atoms with van der Waals surface area (Å²) in [5.74, 6) is 0.733. The van der Waals surface area contributed by atoms with Crippen LogP contribution in [0.1, 0.15) is 5.56 Å². The number of ether oxygens (including phenoxy) is 1. The molecule has 0 atom stereocenters. The molecule has 0 saturated heterocycles. The second-order valence-corrected chi connectivity index (χ2v) is 3.36. The molecule has 0 radical (unpaired) electrons. The first kappa shape index (κ1) is 10.4. The van der Waals surface area contributed by atoms with Crippen molar-refractivity contribution >= 4 is 5.69 Å². The molecule has 2 rings (SSSR count). The fraction of sp³-hybridized carbons (Fsp3) is 0.0769. The van der Waals surface area contributed by atoms with Crippen molar-refractivity contribution < 1.29 is 4.74 Å². The van der Waals surface area contributed by atoms with Gasteiger partial charge in [-0.3, -0.25) is 0 Å². The van der Waals surface area contributed by atoms with E-state index in [0.717, 1.165) is 11.3 Å². The lowest BCUT2D eigenvalue weighted by Gasteiger charge is -2.05. The molecule has 3 heteroatoms. The maximum Gasteiger partial charge on any atom is 0.119 e. The number of rotatable bonds is 4. The molecule has 0 aliphatic rings. The van der Waals surface area contributed by atoms with Gasteiger partial charge in [0.05, 0.1) is 0 Å². The summed E-state index contributed by atoms with van der Waals surface area (Å²) < 4.78 is 5.55. The number of benzene rings is 2. The molecule has 80 valence electrons. The first-order chi connectivity index (χ1) is 7.88. The normalized spacial score (nSPS) is 9.75. The summed E-state index contributed by atoms with van der Waals surface area (Å²) >= 11 is 0. The van der Waals surface area contributed by atoms with Crippen molar-refractivity contribution in [1.29, 1.82) is 0 Å². The Bertz CT molecular complexity index is 451. The van der Waals surface area contributed by atoms with E-state index in [9.17, 15) is 4.91 Å². The second kappa shape index (κ2) is 5.07. The maximum absolute atomic E-state index is 10.2. The van der Waals surface area contributed by atoms with Crippen LogP contribution in [-0.4, -0.2) is 0 Å². The third kappa shape index (κ3) is 2.67. The van der Waals surface area contributed by atoms with Crippen molar-refractivity contribution in [1.82, 2.24) is 0 Å². The van der Waals surface area contributed by atoms with Crippen molar-refractivity contribution in [2.75, 3.05) is 0 Å². The zero-order chi connectivity index (χ0) is 11.2. The minimum Gasteiger partial charge on any atom is -0.489 e. The van der Waals surface area contributed by atoms with Gasteiger partial charge in [0.1, 0.15) is 18.0 Å². The fourth-order valence-corrected chi connectivity index (χ4v) is 1.34. The maximum atomic E-state index is 10.2. The van der Waals surface area contributed by atoms with Gasteiger partial charge < -0.3 is 4.74 Å². The molecule has 16 heavy (non-hydrogen) atoms. The van der Waals surface area contributed by atoms with Gasteiger partial charge in [0.25, 0.3) is 0 Å². The van der Waals surface area contributed by atoms with Gasteiger partial charge in [0.15, 0.2) is 0 Å². The molecule has 0 bridgehead atoms. The topological polar surface area (TPSA) is 38.7 Å². The van der Waals surface area contributed by atoms with Crippen molar-refractivity contribution in [3.8, 4) is 5.75 Å². The fourth-order valence-electron chi connectivity index (χ4n) is 1.34. The van der Waals surface area contributed by atoms with Crippen LogP contribution >= 0.6 is 0 Å². The van der Waals surface area contributed by atoms with Crippen LogP contribution in [0.4, 0.5) is 5.69 Å². The number of nitroso groups, excluding NO2 is 1. The lowest BCUT2D eigenvalue weighted by molar-refractivity contribution is 0.306. The number of hydrogen-bond acceptors (Lipinski definition) is 3. The van der Waals surface area contributed by atoms with E-state index in [1.54, 1.807) is 24.3 Å². The molecule has 0 spiro atoms. The summed E-state index contributed by atoms with van der Waals surface area (Å²) in [5.41, 5.74) is 1.52. The molecule has 0 aromatic heterocycles. The van der Waals surface area contributed by atoms with Gasteiger partial charge in [-0.1, -0.05) is 30.3 Å². The molecule has 0 aliphatic carbocycles. The largest absolute Gasteiger partial charge is 0.489 e. The van der Waals surface area contributed by atoms with Crippen LogP contribution in [0.25, 0.3) is 0 Å². The highest BCUT2D eigenvalue weighted by atomic mass is 16.5. The van der Waals surface area contributed by atoms with Gasteiger partial charge >= 0.3 is 0 Å². The minimum atomic E-state index is 0.409. The minimum absolute atomic E-state index is 0.409. The molecular formula is C13H11NO2. The van der Waals surface area contributed by atoms with Crippen LogP contribution in [0.15, 0.2) is 59.8 Å². The SMILES string of the molecule is O=Nc1ccc(OCc2ccccc2)cc1. The van der Waals surface area contributed by atoms with Crippen molar-refractivity contribution in [2.45, 2.75) is 6.61 Å². The standard InChI is InChI=1S/C13H11NO2/c15-14-12-6-8-13(9-7-12)16-10-11-4-2-1-3-5-11/h1-9H,10H2. The van der Waals surface area contributed by atoms with Gasteiger partial charge in [-0.2, -0.15) is 0 Å². The second-order valence-electron chi connectivity index (χ2n) is 3.36. The van der Waals surface area contributed by atoms with E-state index < -0.39 is 0 Å². The van der Waals surface area contributed by atoms with Gasteiger partial charge in [-0.15, -0.1) is 4.91 Å². The van der Waals surface area contributed by atoms with Crippen LogP contribution < -0.4 is 4.74 Å². The van der Waals surface area contributed by atoms with E-state index in [1.165, 1.54) is 0 Å². The quantitative estimate of drug-likeness (QED) is 0.727. The zero-order valence-corrected chi connectivity index (χ0v) is 8.67. The highest BCUT2D eigenvalue weighted by molar-refractivity contribution is 5.40. The van der Waals surface area contributed by atoms with Gasteiger partial charge in [-0.25, -0.2) is 0 Å². The monoisotopic (exact) mass is 213 g/mol. The summed E-state index contributed by atoms with van der Waals surface area (Å²) in [7, 11) is 0. The van der Waals surface area contributed by atoms with E-state index in [4.69, 9.17) is 4.74 Å². The Morgan fingerprint density at radius 2 is 1.62 bits per heavy atom. The Morgan fingerprint density at radius 3 is 2.25 bits per heavy atom. The Morgan fingerprint density at radius 1 is 0.938 bits per heavy atom. The molecule has 0 heterocycles.